The number of rotatable bonds is 2. The van der Waals surface area contributed by atoms with E-state index in [9.17, 15) is 5.11 Å². The predicted octanol–water partition coefficient (Wildman–Crippen LogP) is 2.42. The van der Waals surface area contributed by atoms with Gasteiger partial charge in [0.2, 0.25) is 0 Å². The van der Waals surface area contributed by atoms with Crippen LogP contribution in [0.3, 0.4) is 0 Å². The molecule has 1 heterocycles. The van der Waals surface area contributed by atoms with E-state index in [1.54, 1.807) is 0 Å². The van der Waals surface area contributed by atoms with E-state index in [2.05, 4.69) is 6.58 Å². The van der Waals surface area contributed by atoms with Gasteiger partial charge in [0, 0.05) is 6.61 Å². The molecular formula is C12H20O2. The fourth-order valence-corrected chi connectivity index (χ4v) is 3.08. The van der Waals surface area contributed by atoms with Crippen molar-refractivity contribution < 1.29 is 9.84 Å². The van der Waals surface area contributed by atoms with E-state index in [0.29, 0.717) is 6.42 Å². The Labute approximate surface area is 86.0 Å². The zero-order valence-electron chi connectivity index (χ0n) is 8.80. The van der Waals surface area contributed by atoms with Crippen LogP contribution in [0.2, 0.25) is 0 Å². The third kappa shape index (κ3) is 1.41. The molecule has 2 fully saturated rings. The summed E-state index contributed by atoms with van der Waals surface area (Å²) in [6, 6.07) is 0. The van der Waals surface area contributed by atoms with Crippen molar-refractivity contribution in [1.82, 2.24) is 0 Å². The summed E-state index contributed by atoms with van der Waals surface area (Å²) in [4.78, 5) is 0. The summed E-state index contributed by atoms with van der Waals surface area (Å²) in [7, 11) is 0. The van der Waals surface area contributed by atoms with Crippen molar-refractivity contribution in [2.75, 3.05) is 6.61 Å². The van der Waals surface area contributed by atoms with Crippen molar-refractivity contribution >= 4 is 0 Å². The first kappa shape index (κ1) is 10.2. The molecule has 80 valence electrons. The Morgan fingerprint density at radius 2 is 1.93 bits per heavy atom. The van der Waals surface area contributed by atoms with E-state index in [-0.39, 0.29) is 5.60 Å². The third-order valence-electron chi connectivity index (χ3n) is 3.85. The summed E-state index contributed by atoms with van der Waals surface area (Å²) < 4.78 is 5.85. The maximum absolute atomic E-state index is 10.6. The first-order valence-corrected chi connectivity index (χ1v) is 5.70. The molecule has 14 heavy (non-hydrogen) atoms. The number of ether oxygens (including phenoxy) is 1. The summed E-state index contributed by atoms with van der Waals surface area (Å²) >= 11 is 0. The van der Waals surface area contributed by atoms with E-state index in [4.69, 9.17) is 4.74 Å². The maximum Gasteiger partial charge on any atom is 0.0971 e. The summed E-state index contributed by atoms with van der Waals surface area (Å²) in [5, 5.41) is 10.6. The molecule has 0 amide bonds. The molecule has 2 heteroatoms. The molecule has 2 aliphatic rings. The van der Waals surface area contributed by atoms with Crippen LogP contribution in [-0.2, 0) is 4.74 Å². The van der Waals surface area contributed by atoms with E-state index >= 15 is 0 Å². The Hall–Kier alpha value is -0.340. The molecule has 0 bridgehead atoms. The van der Waals surface area contributed by atoms with Crippen molar-refractivity contribution in [1.29, 1.82) is 0 Å². The van der Waals surface area contributed by atoms with Crippen molar-refractivity contribution in [2.24, 2.45) is 0 Å². The quantitative estimate of drug-likeness (QED) is 0.687. The van der Waals surface area contributed by atoms with E-state index in [1.807, 2.05) is 6.08 Å². The fourth-order valence-electron chi connectivity index (χ4n) is 3.08. The van der Waals surface area contributed by atoms with E-state index < -0.39 is 5.60 Å². The highest BCUT2D eigenvalue weighted by molar-refractivity contribution is 5.07. The van der Waals surface area contributed by atoms with E-state index in [0.717, 1.165) is 38.7 Å². The molecule has 2 nitrogen and oxygen atoms in total. The molecule has 0 radical (unpaired) electrons. The lowest BCUT2D eigenvalue weighted by Crippen LogP contribution is -2.55. The molecule has 2 atom stereocenters. The van der Waals surface area contributed by atoms with Crippen LogP contribution in [0.15, 0.2) is 12.7 Å². The molecule has 1 saturated carbocycles. The largest absolute Gasteiger partial charge is 0.387 e. The van der Waals surface area contributed by atoms with Crippen LogP contribution in [0.5, 0.6) is 0 Å². The van der Waals surface area contributed by atoms with Gasteiger partial charge in [-0.15, -0.1) is 6.58 Å². The lowest BCUT2D eigenvalue weighted by atomic mass is 9.68. The Kier molecular flexibility index (Phi) is 2.67. The molecule has 1 aliphatic carbocycles. The van der Waals surface area contributed by atoms with Crippen LogP contribution >= 0.6 is 0 Å². The van der Waals surface area contributed by atoms with Crippen molar-refractivity contribution in [2.45, 2.75) is 56.1 Å². The van der Waals surface area contributed by atoms with Gasteiger partial charge in [-0.3, -0.25) is 0 Å². The van der Waals surface area contributed by atoms with Crippen molar-refractivity contribution in [3.63, 3.8) is 0 Å². The molecule has 0 aromatic carbocycles. The molecular weight excluding hydrogens is 176 g/mol. The highest BCUT2D eigenvalue weighted by Crippen LogP contribution is 2.47. The normalized spacial score (nSPS) is 42.9. The topological polar surface area (TPSA) is 29.5 Å². The first-order chi connectivity index (χ1) is 6.72. The van der Waals surface area contributed by atoms with Gasteiger partial charge in [0.05, 0.1) is 11.2 Å². The predicted molar refractivity (Wildman–Crippen MR) is 56.1 cm³/mol. The van der Waals surface area contributed by atoms with E-state index in [1.165, 1.54) is 6.42 Å². The summed E-state index contributed by atoms with van der Waals surface area (Å²) in [5.41, 5.74) is -0.872. The van der Waals surface area contributed by atoms with Gasteiger partial charge >= 0.3 is 0 Å². The SMILES string of the molecule is C=CC[C@@]1(O)CCCC[C@]12CCCO2. The first-order valence-electron chi connectivity index (χ1n) is 5.70. The van der Waals surface area contributed by atoms with Crippen LogP contribution in [0.1, 0.15) is 44.9 Å². The molecule has 1 aliphatic heterocycles. The van der Waals surface area contributed by atoms with Crippen LogP contribution in [0.4, 0.5) is 0 Å². The van der Waals surface area contributed by atoms with Crippen LogP contribution < -0.4 is 0 Å². The van der Waals surface area contributed by atoms with Gasteiger partial charge in [0.15, 0.2) is 0 Å². The zero-order chi connectivity index (χ0) is 10.1. The lowest BCUT2D eigenvalue weighted by Gasteiger charge is -2.47. The molecule has 1 saturated heterocycles. The Morgan fingerprint density at radius 1 is 1.21 bits per heavy atom. The lowest BCUT2D eigenvalue weighted by molar-refractivity contribution is -0.179. The Morgan fingerprint density at radius 3 is 2.57 bits per heavy atom. The average Bonchev–Trinajstić information content (AvgIpc) is 2.62. The zero-order valence-corrected chi connectivity index (χ0v) is 8.80. The van der Waals surface area contributed by atoms with Gasteiger partial charge in [0.1, 0.15) is 0 Å². The number of hydrogen-bond acceptors (Lipinski definition) is 2. The standard InChI is InChI=1S/C12H20O2/c1-2-6-11(13)7-3-4-8-12(11)9-5-10-14-12/h2,13H,1,3-10H2/t11-,12+/m1/s1. The molecule has 0 aromatic heterocycles. The smallest absolute Gasteiger partial charge is 0.0971 e. The van der Waals surface area contributed by atoms with Gasteiger partial charge in [-0.25, -0.2) is 0 Å². The molecule has 0 unspecified atom stereocenters. The van der Waals surface area contributed by atoms with Gasteiger partial charge in [-0.2, -0.15) is 0 Å². The minimum Gasteiger partial charge on any atom is -0.387 e. The summed E-state index contributed by atoms with van der Waals surface area (Å²) in [5.74, 6) is 0. The molecule has 2 rings (SSSR count). The van der Waals surface area contributed by atoms with Gasteiger partial charge < -0.3 is 9.84 Å². The highest BCUT2D eigenvalue weighted by Gasteiger charge is 2.53. The number of aliphatic hydroxyl groups is 1. The summed E-state index contributed by atoms with van der Waals surface area (Å²) in [6.07, 6.45) is 8.84. The Balaban J connectivity index is 2.21. The van der Waals surface area contributed by atoms with Gasteiger partial charge in [0.25, 0.3) is 0 Å². The minimum atomic E-state index is -0.635. The average molecular weight is 196 g/mol. The van der Waals surface area contributed by atoms with Crippen LogP contribution in [0, 0.1) is 0 Å². The van der Waals surface area contributed by atoms with Gasteiger partial charge in [-0.05, 0) is 32.1 Å². The van der Waals surface area contributed by atoms with Crippen molar-refractivity contribution in [3.8, 4) is 0 Å². The molecule has 1 spiro atoms. The van der Waals surface area contributed by atoms with Gasteiger partial charge in [-0.1, -0.05) is 18.9 Å². The molecule has 0 aromatic rings. The van der Waals surface area contributed by atoms with Crippen molar-refractivity contribution in [3.05, 3.63) is 12.7 Å². The summed E-state index contributed by atoms with van der Waals surface area (Å²) in [6.45, 7) is 4.56. The second-order valence-corrected chi connectivity index (χ2v) is 4.68. The maximum atomic E-state index is 10.6. The third-order valence-corrected chi connectivity index (χ3v) is 3.85. The second-order valence-electron chi connectivity index (χ2n) is 4.68. The Bertz CT molecular complexity index is 218. The second kappa shape index (κ2) is 3.67. The molecule has 1 N–H and O–H groups in total. The highest BCUT2D eigenvalue weighted by atomic mass is 16.5. The number of hydrogen-bond donors (Lipinski definition) is 1. The monoisotopic (exact) mass is 196 g/mol. The fraction of sp³-hybridized carbons (Fsp3) is 0.833. The van der Waals surface area contributed by atoms with Crippen LogP contribution in [-0.4, -0.2) is 22.9 Å². The van der Waals surface area contributed by atoms with Crippen LogP contribution in [0.25, 0.3) is 0 Å². The minimum absolute atomic E-state index is 0.237.